The quantitative estimate of drug-likeness (QED) is 0.570. The van der Waals surface area contributed by atoms with E-state index in [1.54, 1.807) is 0 Å². The van der Waals surface area contributed by atoms with Crippen molar-refractivity contribution in [1.29, 1.82) is 0 Å². The van der Waals surface area contributed by atoms with E-state index in [-0.39, 0.29) is 46.9 Å². The van der Waals surface area contributed by atoms with E-state index in [1.165, 1.54) is 19.3 Å². The molecule has 7 atom stereocenters. The molecule has 5 heteroatoms. The lowest BCUT2D eigenvalue weighted by atomic mass is 9.51. The Morgan fingerprint density at radius 3 is 2.41 bits per heavy atom. The molecule has 0 saturated heterocycles. The van der Waals surface area contributed by atoms with E-state index >= 15 is 0 Å². The van der Waals surface area contributed by atoms with E-state index in [2.05, 4.69) is 24.5 Å². The summed E-state index contributed by atoms with van der Waals surface area (Å²) in [7, 11) is 0. The van der Waals surface area contributed by atoms with Crippen LogP contribution in [-0.4, -0.2) is 35.1 Å². The van der Waals surface area contributed by atoms with Crippen LogP contribution >= 0.6 is 0 Å². The summed E-state index contributed by atoms with van der Waals surface area (Å²) in [4.78, 5) is 25.9. The maximum atomic E-state index is 13.1. The van der Waals surface area contributed by atoms with E-state index < -0.39 is 6.10 Å². The van der Waals surface area contributed by atoms with Gasteiger partial charge in [0.25, 0.3) is 0 Å². The molecule has 0 radical (unpaired) electrons. The molecule has 0 spiro atoms. The lowest BCUT2D eigenvalue weighted by Crippen LogP contribution is -2.58. The van der Waals surface area contributed by atoms with Crippen LogP contribution in [0.25, 0.3) is 0 Å². The van der Waals surface area contributed by atoms with Crippen LogP contribution in [-0.2, 0) is 16.0 Å². The van der Waals surface area contributed by atoms with Gasteiger partial charge in [-0.2, -0.15) is 0 Å². The zero-order valence-corrected chi connectivity index (χ0v) is 21.3. The van der Waals surface area contributed by atoms with Crippen molar-refractivity contribution in [1.82, 2.24) is 10.6 Å². The topological polar surface area (TPSA) is 78.4 Å². The van der Waals surface area contributed by atoms with Crippen LogP contribution in [0.4, 0.5) is 0 Å². The Labute approximate surface area is 205 Å². The van der Waals surface area contributed by atoms with Crippen molar-refractivity contribution in [2.75, 3.05) is 0 Å². The van der Waals surface area contributed by atoms with Gasteiger partial charge in [-0.15, -0.1) is 0 Å². The second-order valence-electron chi connectivity index (χ2n) is 11.7. The number of fused-ring (bicyclic) bond motifs is 1. The van der Waals surface area contributed by atoms with Gasteiger partial charge in [0.15, 0.2) is 0 Å². The normalized spacial score (nSPS) is 35.1. The fourth-order valence-corrected chi connectivity index (χ4v) is 7.31. The van der Waals surface area contributed by atoms with Crippen LogP contribution in [0.2, 0.25) is 0 Å². The number of benzene rings is 1. The van der Waals surface area contributed by atoms with Crippen molar-refractivity contribution in [3.8, 4) is 0 Å². The molecule has 4 rings (SSSR count). The second-order valence-corrected chi connectivity index (χ2v) is 11.7. The van der Waals surface area contributed by atoms with Crippen molar-refractivity contribution in [2.24, 2.45) is 29.1 Å². The first-order valence-electron chi connectivity index (χ1n) is 13.6. The van der Waals surface area contributed by atoms with Crippen molar-refractivity contribution >= 4 is 11.8 Å². The lowest BCUT2D eigenvalue weighted by Gasteiger charge is -2.56. The number of nitrogens with one attached hydrogen (secondary N) is 2. The third-order valence-electron chi connectivity index (χ3n) is 9.45. The number of aliphatic hydroxyl groups is 1. The zero-order valence-electron chi connectivity index (χ0n) is 21.3. The van der Waals surface area contributed by atoms with Gasteiger partial charge < -0.3 is 15.7 Å². The third kappa shape index (κ3) is 5.50. The SMILES string of the molecule is C[C@H]1[C@@H]2[C@@H](O)[C@@H]([C@H](C)C(=O)NC3CCCCC3)CC[C@@]2(C)CC[C@@H]1NC(=O)Cc1ccccc1. The number of carbonyl (C=O) groups excluding carboxylic acids is 2. The molecule has 5 nitrogen and oxygen atoms in total. The predicted octanol–water partition coefficient (Wildman–Crippen LogP) is 4.62. The van der Waals surface area contributed by atoms with Crippen LogP contribution in [0.1, 0.15) is 84.1 Å². The Hall–Kier alpha value is -1.88. The van der Waals surface area contributed by atoms with E-state index in [4.69, 9.17) is 0 Å². The van der Waals surface area contributed by atoms with Gasteiger partial charge in [0.2, 0.25) is 11.8 Å². The summed E-state index contributed by atoms with van der Waals surface area (Å²) in [5.41, 5.74) is 1.08. The number of hydrogen-bond acceptors (Lipinski definition) is 3. The molecule has 3 saturated carbocycles. The van der Waals surface area contributed by atoms with Gasteiger partial charge in [0.05, 0.1) is 12.5 Å². The minimum Gasteiger partial charge on any atom is -0.392 e. The monoisotopic (exact) mass is 468 g/mol. The van der Waals surface area contributed by atoms with Gasteiger partial charge in [-0.1, -0.05) is 70.4 Å². The molecular weight excluding hydrogens is 424 g/mol. The maximum absolute atomic E-state index is 13.1. The van der Waals surface area contributed by atoms with Crippen molar-refractivity contribution in [3.63, 3.8) is 0 Å². The van der Waals surface area contributed by atoms with Crippen LogP contribution in [0.5, 0.6) is 0 Å². The Kier molecular flexibility index (Phi) is 8.01. The van der Waals surface area contributed by atoms with Crippen LogP contribution in [0, 0.1) is 29.1 Å². The van der Waals surface area contributed by atoms with Crippen LogP contribution in [0.15, 0.2) is 30.3 Å². The first kappa shape index (κ1) is 25.2. The molecule has 34 heavy (non-hydrogen) atoms. The molecule has 0 heterocycles. The zero-order chi connectivity index (χ0) is 24.3. The van der Waals surface area contributed by atoms with Gasteiger partial charge in [-0.3, -0.25) is 9.59 Å². The highest BCUT2D eigenvalue weighted by Crippen LogP contribution is 2.55. The highest BCUT2D eigenvalue weighted by Gasteiger charge is 2.53. The first-order valence-corrected chi connectivity index (χ1v) is 13.6. The molecule has 188 valence electrons. The van der Waals surface area contributed by atoms with Gasteiger partial charge in [0, 0.05) is 18.0 Å². The summed E-state index contributed by atoms with van der Waals surface area (Å²) in [6.45, 7) is 6.50. The average Bonchev–Trinajstić information content (AvgIpc) is 2.82. The minimum absolute atomic E-state index is 0.0251. The number of rotatable bonds is 6. The number of aliphatic hydroxyl groups excluding tert-OH is 1. The molecular formula is C29H44N2O3. The highest BCUT2D eigenvalue weighted by atomic mass is 16.3. The summed E-state index contributed by atoms with van der Waals surface area (Å²) in [5.74, 6) is 0.200. The van der Waals surface area contributed by atoms with Crippen molar-refractivity contribution < 1.29 is 14.7 Å². The molecule has 0 unspecified atom stereocenters. The molecule has 0 aromatic heterocycles. The van der Waals surface area contributed by atoms with Gasteiger partial charge in [-0.05, 0) is 67.3 Å². The molecule has 2 amide bonds. The number of hydrogen-bond donors (Lipinski definition) is 3. The summed E-state index contributed by atoms with van der Waals surface area (Å²) < 4.78 is 0. The highest BCUT2D eigenvalue weighted by molar-refractivity contribution is 5.79. The number of carbonyl (C=O) groups is 2. The fraction of sp³-hybridized carbons (Fsp3) is 0.724. The smallest absolute Gasteiger partial charge is 0.224 e. The Bertz CT molecular complexity index is 837. The minimum atomic E-state index is -0.519. The predicted molar refractivity (Wildman–Crippen MR) is 135 cm³/mol. The van der Waals surface area contributed by atoms with Gasteiger partial charge in [-0.25, -0.2) is 0 Å². The Morgan fingerprint density at radius 2 is 1.71 bits per heavy atom. The largest absolute Gasteiger partial charge is 0.392 e. The summed E-state index contributed by atoms with van der Waals surface area (Å²) >= 11 is 0. The van der Waals surface area contributed by atoms with Crippen molar-refractivity contribution in [3.05, 3.63) is 35.9 Å². The molecule has 3 aliphatic carbocycles. The Morgan fingerprint density at radius 1 is 1.03 bits per heavy atom. The average molecular weight is 469 g/mol. The third-order valence-corrected chi connectivity index (χ3v) is 9.45. The molecule has 1 aromatic rings. The van der Waals surface area contributed by atoms with Gasteiger partial charge in [0.1, 0.15) is 0 Å². The second kappa shape index (κ2) is 10.8. The summed E-state index contributed by atoms with van der Waals surface area (Å²) in [6, 6.07) is 10.2. The molecule has 0 aliphatic heterocycles. The van der Waals surface area contributed by atoms with E-state index in [0.717, 1.165) is 44.1 Å². The lowest BCUT2D eigenvalue weighted by molar-refractivity contribution is -0.144. The van der Waals surface area contributed by atoms with Crippen LogP contribution in [0.3, 0.4) is 0 Å². The summed E-state index contributed by atoms with van der Waals surface area (Å²) in [5, 5.41) is 18.2. The Balaban J connectivity index is 1.39. The standard InChI is InChI=1S/C29H44N2O3/c1-19(28(34)30-22-12-8-5-9-13-22)23-14-16-29(3)17-15-24(20(2)26(29)27(23)33)31-25(32)18-21-10-6-4-7-11-21/h4,6-7,10-11,19-20,22-24,26-27,33H,5,8-9,12-18H2,1-3H3,(H,30,34)(H,31,32)/t19-,20+,23+,24-,26+,27-,29-/m0/s1. The molecule has 3 fully saturated rings. The fourth-order valence-electron chi connectivity index (χ4n) is 7.31. The van der Waals surface area contributed by atoms with E-state index in [0.29, 0.717) is 12.5 Å². The van der Waals surface area contributed by atoms with Crippen molar-refractivity contribution in [2.45, 2.75) is 103 Å². The van der Waals surface area contributed by atoms with E-state index in [1.807, 2.05) is 37.3 Å². The maximum Gasteiger partial charge on any atom is 0.224 e. The van der Waals surface area contributed by atoms with Gasteiger partial charge >= 0.3 is 0 Å². The molecule has 3 aliphatic rings. The molecule has 3 N–H and O–H groups in total. The molecule has 1 aromatic carbocycles. The summed E-state index contributed by atoms with van der Waals surface area (Å²) in [6.07, 6.45) is 9.56. The van der Waals surface area contributed by atoms with Crippen LogP contribution < -0.4 is 10.6 Å². The molecule has 0 bridgehead atoms. The number of amides is 2. The van der Waals surface area contributed by atoms with E-state index in [9.17, 15) is 14.7 Å². The first-order chi connectivity index (χ1) is 16.3.